The highest BCUT2D eigenvalue weighted by molar-refractivity contribution is 5.73. The van der Waals surface area contributed by atoms with Crippen LogP contribution in [0.15, 0.2) is 0 Å². The van der Waals surface area contributed by atoms with Crippen LogP contribution in [0.4, 0.5) is 0 Å². The van der Waals surface area contributed by atoms with Gasteiger partial charge >= 0.3 is 5.97 Å². The number of unbranched alkanes of at least 4 members (excludes halogenated alkanes) is 1. The SMILES string of the molecule is CN(CCCCC(C)(C)C(=O)O)CC1CCCCC1. The van der Waals surface area contributed by atoms with E-state index in [-0.39, 0.29) is 0 Å². The van der Waals surface area contributed by atoms with Crippen LogP contribution in [0, 0.1) is 11.3 Å². The molecule has 0 heterocycles. The van der Waals surface area contributed by atoms with Crippen molar-refractivity contribution in [1.82, 2.24) is 4.90 Å². The van der Waals surface area contributed by atoms with Gasteiger partial charge in [0.25, 0.3) is 0 Å². The molecule has 0 aromatic carbocycles. The van der Waals surface area contributed by atoms with Crippen LogP contribution in [0.3, 0.4) is 0 Å². The van der Waals surface area contributed by atoms with Crippen molar-refractivity contribution in [3.63, 3.8) is 0 Å². The third-order valence-electron chi connectivity index (χ3n) is 4.47. The Kier molecular flexibility index (Phi) is 6.84. The molecule has 19 heavy (non-hydrogen) atoms. The molecule has 1 rings (SSSR count). The van der Waals surface area contributed by atoms with Gasteiger partial charge in [-0.25, -0.2) is 0 Å². The summed E-state index contributed by atoms with van der Waals surface area (Å²) in [6.07, 6.45) is 9.93. The van der Waals surface area contributed by atoms with Gasteiger partial charge < -0.3 is 10.0 Å². The van der Waals surface area contributed by atoms with E-state index in [0.29, 0.717) is 0 Å². The number of carboxylic acid groups (broad SMARTS) is 1. The van der Waals surface area contributed by atoms with Gasteiger partial charge in [0.2, 0.25) is 0 Å². The fraction of sp³-hybridized carbons (Fsp3) is 0.938. The zero-order chi connectivity index (χ0) is 14.3. The average molecular weight is 269 g/mol. The summed E-state index contributed by atoms with van der Waals surface area (Å²) in [6.45, 7) is 5.97. The Hall–Kier alpha value is -0.570. The van der Waals surface area contributed by atoms with E-state index in [9.17, 15) is 4.79 Å². The Labute approximate surface area is 118 Å². The van der Waals surface area contributed by atoms with E-state index in [1.165, 1.54) is 38.6 Å². The summed E-state index contributed by atoms with van der Waals surface area (Å²) < 4.78 is 0. The van der Waals surface area contributed by atoms with E-state index in [1.54, 1.807) is 0 Å². The second-order valence-electron chi connectivity index (χ2n) is 6.91. The lowest BCUT2D eigenvalue weighted by Crippen LogP contribution is -2.28. The van der Waals surface area contributed by atoms with E-state index in [2.05, 4.69) is 11.9 Å². The van der Waals surface area contributed by atoms with Crippen LogP contribution in [-0.2, 0) is 4.79 Å². The maximum atomic E-state index is 11.0. The number of nitrogens with zero attached hydrogens (tertiary/aromatic N) is 1. The van der Waals surface area contributed by atoms with Gasteiger partial charge in [-0.05, 0) is 59.0 Å². The van der Waals surface area contributed by atoms with Gasteiger partial charge in [-0.2, -0.15) is 0 Å². The van der Waals surface area contributed by atoms with Crippen molar-refractivity contribution in [2.24, 2.45) is 11.3 Å². The third kappa shape index (κ3) is 6.42. The first-order valence-electron chi connectivity index (χ1n) is 7.84. The molecule has 0 unspecified atom stereocenters. The molecule has 112 valence electrons. The molecular weight excluding hydrogens is 238 g/mol. The topological polar surface area (TPSA) is 40.5 Å². The highest BCUT2D eigenvalue weighted by atomic mass is 16.4. The van der Waals surface area contributed by atoms with Gasteiger partial charge in [-0.3, -0.25) is 4.79 Å². The minimum atomic E-state index is -0.678. The fourth-order valence-electron chi connectivity index (χ4n) is 2.96. The van der Waals surface area contributed by atoms with Gasteiger partial charge in [-0.1, -0.05) is 25.7 Å². The molecule has 1 aliphatic rings. The molecule has 0 aromatic rings. The van der Waals surface area contributed by atoms with Gasteiger partial charge in [0, 0.05) is 6.54 Å². The highest BCUT2D eigenvalue weighted by Gasteiger charge is 2.26. The Bertz CT molecular complexity index is 270. The second kappa shape index (κ2) is 7.88. The normalized spacial score (nSPS) is 17.9. The molecule has 0 spiro atoms. The molecule has 0 aliphatic heterocycles. The lowest BCUT2D eigenvalue weighted by Gasteiger charge is -2.27. The summed E-state index contributed by atoms with van der Waals surface area (Å²) in [5.74, 6) is 0.220. The number of hydrogen-bond acceptors (Lipinski definition) is 2. The number of carboxylic acids is 1. The monoisotopic (exact) mass is 269 g/mol. The predicted octanol–water partition coefficient (Wildman–Crippen LogP) is 3.78. The average Bonchev–Trinajstić information content (AvgIpc) is 2.36. The zero-order valence-electron chi connectivity index (χ0n) is 13.0. The molecule has 0 bridgehead atoms. The van der Waals surface area contributed by atoms with Gasteiger partial charge in [0.1, 0.15) is 0 Å². The molecule has 3 nitrogen and oxygen atoms in total. The maximum Gasteiger partial charge on any atom is 0.309 e. The van der Waals surface area contributed by atoms with Crippen molar-refractivity contribution in [3.8, 4) is 0 Å². The molecule has 0 aromatic heterocycles. The smallest absolute Gasteiger partial charge is 0.309 e. The van der Waals surface area contributed by atoms with Crippen molar-refractivity contribution >= 4 is 5.97 Å². The standard InChI is InChI=1S/C16H31NO2/c1-16(2,15(18)19)11-7-8-12-17(3)13-14-9-5-4-6-10-14/h14H,4-13H2,1-3H3,(H,18,19). The summed E-state index contributed by atoms with van der Waals surface area (Å²) in [6, 6.07) is 0. The number of aliphatic carboxylic acids is 1. The molecule has 1 N–H and O–H groups in total. The van der Waals surface area contributed by atoms with E-state index in [4.69, 9.17) is 5.11 Å². The first-order chi connectivity index (χ1) is 8.92. The predicted molar refractivity (Wildman–Crippen MR) is 79.3 cm³/mol. The Morgan fingerprint density at radius 2 is 1.84 bits per heavy atom. The highest BCUT2D eigenvalue weighted by Crippen LogP contribution is 2.25. The molecule has 1 aliphatic carbocycles. The molecule has 0 radical (unpaired) electrons. The Morgan fingerprint density at radius 3 is 2.42 bits per heavy atom. The maximum absolute atomic E-state index is 11.0. The van der Waals surface area contributed by atoms with Crippen molar-refractivity contribution in [1.29, 1.82) is 0 Å². The molecular formula is C16H31NO2. The summed E-state index contributed by atoms with van der Waals surface area (Å²) in [5, 5.41) is 9.06. The second-order valence-corrected chi connectivity index (χ2v) is 6.91. The van der Waals surface area contributed by atoms with Crippen LogP contribution in [-0.4, -0.2) is 36.1 Å². The first kappa shape index (κ1) is 16.5. The first-order valence-corrected chi connectivity index (χ1v) is 7.84. The van der Waals surface area contributed by atoms with Crippen molar-refractivity contribution < 1.29 is 9.90 Å². The fourth-order valence-corrected chi connectivity index (χ4v) is 2.96. The third-order valence-corrected chi connectivity index (χ3v) is 4.47. The van der Waals surface area contributed by atoms with E-state index in [0.717, 1.165) is 31.7 Å². The minimum Gasteiger partial charge on any atom is -0.481 e. The van der Waals surface area contributed by atoms with Crippen LogP contribution in [0.2, 0.25) is 0 Å². The summed E-state index contributed by atoms with van der Waals surface area (Å²) in [4.78, 5) is 13.4. The lowest BCUT2D eigenvalue weighted by atomic mass is 9.87. The van der Waals surface area contributed by atoms with E-state index < -0.39 is 11.4 Å². The number of hydrogen-bond donors (Lipinski definition) is 1. The molecule has 3 heteroatoms. The lowest BCUT2D eigenvalue weighted by molar-refractivity contribution is -0.147. The van der Waals surface area contributed by atoms with Crippen LogP contribution < -0.4 is 0 Å². The zero-order valence-corrected chi connectivity index (χ0v) is 13.0. The van der Waals surface area contributed by atoms with Crippen LogP contribution >= 0.6 is 0 Å². The van der Waals surface area contributed by atoms with Crippen LogP contribution in [0.1, 0.15) is 65.2 Å². The molecule has 1 saturated carbocycles. The quantitative estimate of drug-likeness (QED) is 0.682. The summed E-state index contributed by atoms with van der Waals surface area (Å²) >= 11 is 0. The van der Waals surface area contributed by atoms with Gasteiger partial charge in [-0.15, -0.1) is 0 Å². The van der Waals surface area contributed by atoms with Crippen molar-refractivity contribution in [2.75, 3.05) is 20.1 Å². The Balaban J connectivity index is 2.09. The molecule has 0 atom stereocenters. The summed E-state index contributed by atoms with van der Waals surface area (Å²) in [5.41, 5.74) is -0.568. The molecule has 0 amide bonds. The largest absolute Gasteiger partial charge is 0.481 e. The number of rotatable bonds is 8. The van der Waals surface area contributed by atoms with Crippen molar-refractivity contribution in [2.45, 2.75) is 65.2 Å². The van der Waals surface area contributed by atoms with E-state index in [1.807, 2.05) is 13.8 Å². The molecule has 1 fully saturated rings. The number of carbonyl (C=O) groups is 1. The van der Waals surface area contributed by atoms with E-state index >= 15 is 0 Å². The minimum absolute atomic E-state index is 0.568. The summed E-state index contributed by atoms with van der Waals surface area (Å²) in [7, 11) is 2.21. The molecule has 0 saturated heterocycles. The Morgan fingerprint density at radius 1 is 1.21 bits per heavy atom. The van der Waals surface area contributed by atoms with Gasteiger partial charge in [0.05, 0.1) is 5.41 Å². The van der Waals surface area contributed by atoms with Crippen LogP contribution in [0.25, 0.3) is 0 Å². The van der Waals surface area contributed by atoms with Crippen LogP contribution in [0.5, 0.6) is 0 Å². The van der Waals surface area contributed by atoms with Crippen molar-refractivity contribution in [3.05, 3.63) is 0 Å². The van der Waals surface area contributed by atoms with Gasteiger partial charge in [0.15, 0.2) is 0 Å².